The minimum atomic E-state index is -0.306. The number of anilines is 2. The van der Waals surface area contributed by atoms with E-state index in [4.69, 9.17) is 9.47 Å². The number of hydrogen-bond acceptors (Lipinski definition) is 5. The van der Waals surface area contributed by atoms with Crippen LogP contribution in [0.5, 0.6) is 11.5 Å². The molecule has 0 bridgehead atoms. The molecule has 0 spiro atoms. The molecule has 0 aliphatic heterocycles. The Labute approximate surface area is 148 Å². The van der Waals surface area contributed by atoms with E-state index in [2.05, 4.69) is 22.5 Å². The molecule has 1 heterocycles. The maximum atomic E-state index is 12.6. The van der Waals surface area contributed by atoms with Gasteiger partial charge in [0.1, 0.15) is 22.9 Å². The zero-order valence-corrected chi connectivity index (χ0v) is 15.0. The molecule has 0 aliphatic carbocycles. The molecular formula is C19H25N3O3. The van der Waals surface area contributed by atoms with Gasteiger partial charge >= 0.3 is 0 Å². The van der Waals surface area contributed by atoms with Crippen LogP contribution in [0.15, 0.2) is 36.5 Å². The van der Waals surface area contributed by atoms with E-state index in [1.54, 1.807) is 24.4 Å². The van der Waals surface area contributed by atoms with E-state index < -0.39 is 0 Å². The summed E-state index contributed by atoms with van der Waals surface area (Å²) in [6.45, 7) is 3.07. The topological polar surface area (TPSA) is 72.5 Å². The Bertz CT molecular complexity index is 665. The lowest BCUT2D eigenvalue weighted by Gasteiger charge is -2.13. The summed E-state index contributed by atoms with van der Waals surface area (Å²) in [6, 6.07) is 8.88. The van der Waals surface area contributed by atoms with Gasteiger partial charge in [-0.15, -0.1) is 0 Å². The minimum Gasteiger partial charge on any atom is -0.496 e. The quantitative estimate of drug-likeness (QED) is 0.675. The fraction of sp³-hybridized carbons (Fsp3) is 0.368. The summed E-state index contributed by atoms with van der Waals surface area (Å²) in [5, 5.41) is 6.09. The van der Waals surface area contributed by atoms with Gasteiger partial charge in [0.2, 0.25) is 0 Å². The number of methoxy groups -OCH3 is 2. The maximum absolute atomic E-state index is 12.6. The lowest BCUT2D eigenvalue weighted by Crippen LogP contribution is -2.15. The molecule has 1 amide bonds. The molecule has 2 N–H and O–H groups in total. The van der Waals surface area contributed by atoms with E-state index >= 15 is 0 Å². The number of benzene rings is 1. The summed E-state index contributed by atoms with van der Waals surface area (Å²) in [5.41, 5.74) is 0.964. The van der Waals surface area contributed by atoms with Crippen molar-refractivity contribution in [1.29, 1.82) is 0 Å². The third kappa shape index (κ3) is 5.11. The van der Waals surface area contributed by atoms with Crippen molar-refractivity contribution in [2.45, 2.75) is 26.2 Å². The average Bonchev–Trinajstić information content (AvgIpc) is 2.65. The molecule has 134 valence electrons. The van der Waals surface area contributed by atoms with Gasteiger partial charge < -0.3 is 20.1 Å². The van der Waals surface area contributed by atoms with Crippen LogP contribution in [-0.4, -0.2) is 31.7 Å². The van der Waals surface area contributed by atoms with E-state index in [0.29, 0.717) is 22.7 Å². The van der Waals surface area contributed by atoms with Crippen LogP contribution >= 0.6 is 0 Å². The predicted octanol–water partition coefficient (Wildman–Crippen LogP) is 3.95. The van der Waals surface area contributed by atoms with Crippen molar-refractivity contribution in [3.8, 4) is 11.5 Å². The number of carbonyl (C=O) groups excluding carboxylic acids is 1. The molecule has 1 aromatic carbocycles. The van der Waals surface area contributed by atoms with Crippen LogP contribution in [-0.2, 0) is 0 Å². The van der Waals surface area contributed by atoms with Crippen molar-refractivity contribution in [2.75, 3.05) is 31.4 Å². The monoisotopic (exact) mass is 343 g/mol. The molecule has 0 saturated heterocycles. The summed E-state index contributed by atoms with van der Waals surface area (Å²) in [5.74, 6) is 1.40. The molecule has 0 unspecified atom stereocenters. The first kappa shape index (κ1) is 18.6. The molecule has 6 nitrogen and oxygen atoms in total. The Morgan fingerprint density at radius 2 is 1.80 bits per heavy atom. The molecule has 25 heavy (non-hydrogen) atoms. The van der Waals surface area contributed by atoms with Crippen molar-refractivity contribution in [3.63, 3.8) is 0 Å². The number of ether oxygens (including phenoxy) is 2. The Balaban J connectivity index is 2.04. The van der Waals surface area contributed by atoms with Gasteiger partial charge in [-0.1, -0.05) is 25.8 Å². The van der Waals surface area contributed by atoms with E-state index in [0.717, 1.165) is 18.8 Å². The first-order valence-electron chi connectivity index (χ1n) is 8.41. The fourth-order valence-electron chi connectivity index (χ4n) is 2.43. The highest BCUT2D eigenvalue weighted by atomic mass is 16.5. The van der Waals surface area contributed by atoms with Crippen molar-refractivity contribution in [1.82, 2.24) is 4.98 Å². The lowest BCUT2D eigenvalue weighted by molar-refractivity contribution is 0.102. The van der Waals surface area contributed by atoms with Gasteiger partial charge in [-0.25, -0.2) is 4.98 Å². The number of carbonyl (C=O) groups is 1. The normalized spacial score (nSPS) is 10.2. The number of hydrogen-bond donors (Lipinski definition) is 2. The van der Waals surface area contributed by atoms with Crippen LogP contribution in [0, 0.1) is 0 Å². The number of nitrogens with one attached hydrogen (secondary N) is 2. The predicted molar refractivity (Wildman–Crippen MR) is 99.8 cm³/mol. The molecule has 0 atom stereocenters. The second-order valence-corrected chi connectivity index (χ2v) is 5.56. The molecule has 1 aromatic heterocycles. The van der Waals surface area contributed by atoms with Gasteiger partial charge in [0.25, 0.3) is 5.91 Å². The molecule has 2 rings (SSSR count). The van der Waals surface area contributed by atoms with Gasteiger partial charge in [0, 0.05) is 6.54 Å². The van der Waals surface area contributed by atoms with Crippen LogP contribution in [0.1, 0.15) is 36.5 Å². The fourth-order valence-corrected chi connectivity index (χ4v) is 2.43. The number of aromatic nitrogens is 1. The number of pyridine rings is 1. The molecule has 0 radical (unpaired) electrons. The van der Waals surface area contributed by atoms with Gasteiger partial charge in [0.05, 0.1) is 26.1 Å². The Hall–Kier alpha value is -2.76. The molecular weight excluding hydrogens is 318 g/mol. The first-order chi connectivity index (χ1) is 12.2. The third-order valence-electron chi connectivity index (χ3n) is 3.76. The minimum absolute atomic E-state index is 0.306. The SMILES string of the molecule is CCCCCNc1ccc(NC(=O)c2c(OC)cccc2OC)cn1. The summed E-state index contributed by atoms with van der Waals surface area (Å²) in [6.07, 6.45) is 5.13. The van der Waals surface area contributed by atoms with Gasteiger partial charge in [-0.3, -0.25) is 4.79 Å². The second-order valence-electron chi connectivity index (χ2n) is 5.56. The van der Waals surface area contributed by atoms with E-state index in [9.17, 15) is 4.79 Å². The standard InChI is InChI=1S/C19H25N3O3/c1-4-5-6-12-20-17-11-10-14(13-21-17)22-19(23)18-15(24-2)8-7-9-16(18)25-3/h7-11,13H,4-6,12H2,1-3H3,(H,20,21)(H,22,23). The summed E-state index contributed by atoms with van der Waals surface area (Å²) in [7, 11) is 3.04. The van der Waals surface area contributed by atoms with E-state index in [-0.39, 0.29) is 5.91 Å². The highest BCUT2D eigenvalue weighted by Gasteiger charge is 2.18. The van der Waals surface area contributed by atoms with Crippen molar-refractivity contribution in [2.24, 2.45) is 0 Å². The zero-order valence-electron chi connectivity index (χ0n) is 15.0. The molecule has 6 heteroatoms. The Kier molecular flexibility index (Phi) is 7.07. The number of amides is 1. The highest BCUT2D eigenvalue weighted by Crippen LogP contribution is 2.29. The number of unbranched alkanes of at least 4 members (excludes halogenated alkanes) is 2. The molecule has 0 aliphatic rings. The highest BCUT2D eigenvalue weighted by molar-refractivity contribution is 6.08. The molecule has 2 aromatic rings. The van der Waals surface area contributed by atoms with Crippen molar-refractivity contribution in [3.05, 3.63) is 42.1 Å². The molecule has 0 saturated carbocycles. The van der Waals surface area contributed by atoms with Gasteiger partial charge in [-0.05, 0) is 30.7 Å². The first-order valence-corrected chi connectivity index (χ1v) is 8.41. The average molecular weight is 343 g/mol. The second kappa shape index (κ2) is 9.52. The summed E-state index contributed by atoms with van der Waals surface area (Å²) >= 11 is 0. The maximum Gasteiger partial charge on any atom is 0.263 e. The number of nitrogens with zero attached hydrogens (tertiary/aromatic N) is 1. The van der Waals surface area contributed by atoms with Crippen molar-refractivity contribution < 1.29 is 14.3 Å². The lowest BCUT2D eigenvalue weighted by atomic mass is 10.1. The Morgan fingerprint density at radius 1 is 1.08 bits per heavy atom. The largest absolute Gasteiger partial charge is 0.496 e. The molecule has 0 fully saturated rings. The zero-order chi connectivity index (χ0) is 18.1. The van der Waals surface area contributed by atoms with E-state index in [1.165, 1.54) is 27.1 Å². The van der Waals surface area contributed by atoms with Crippen LogP contribution in [0.25, 0.3) is 0 Å². The van der Waals surface area contributed by atoms with Crippen LogP contribution in [0.4, 0.5) is 11.5 Å². The smallest absolute Gasteiger partial charge is 0.263 e. The number of rotatable bonds is 9. The van der Waals surface area contributed by atoms with Crippen LogP contribution in [0.2, 0.25) is 0 Å². The van der Waals surface area contributed by atoms with Gasteiger partial charge in [0.15, 0.2) is 0 Å². The van der Waals surface area contributed by atoms with E-state index in [1.807, 2.05) is 12.1 Å². The Morgan fingerprint density at radius 3 is 2.36 bits per heavy atom. The van der Waals surface area contributed by atoms with Crippen LogP contribution in [0.3, 0.4) is 0 Å². The van der Waals surface area contributed by atoms with Crippen LogP contribution < -0.4 is 20.1 Å². The third-order valence-corrected chi connectivity index (χ3v) is 3.76. The summed E-state index contributed by atoms with van der Waals surface area (Å²) in [4.78, 5) is 16.9. The summed E-state index contributed by atoms with van der Waals surface area (Å²) < 4.78 is 10.5. The van der Waals surface area contributed by atoms with Gasteiger partial charge in [-0.2, -0.15) is 0 Å². The van der Waals surface area contributed by atoms with Crippen molar-refractivity contribution >= 4 is 17.4 Å².